The van der Waals surface area contributed by atoms with Gasteiger partial charge in [-0.25, -0.2) is 0 Å². The maximum Gasteiger partial charge on any atom is 0.137 e. The zero-order valence-electron chi connectivity index (χ0n) is 59.4. The first-order chi connectivity index (χ1) is 53.5. The van der Waals surface area contributed by atoms with Crippen molar-refractivity contribution >= 4 is 87.6 Å². The van der Waals surface area contributed by atoms with Gasteiger partial charge < -0.3 is 14.2 Å². The largest absolute Gasteiger partial charge is 0.456 e. The summed E-state index contributed by atoms with van der Waals surface area (Å²) in [6, 6.07) is 162. The molecule has 19 aromatic rings. The number of fused-ring (bicyclic) bond motifs is 6. The van der Waals surface area contributed by atoms with E-state index in [1.165, 1.54) is 92.5 Å². The van der Waals surface area contributed by atoms with Crippen LogP contribution >= 0.6 is 11.3 Å². The number of thiophene rings is 1. The molecule has 0 radical (unpaired) electrons. The first-order valence-corrected chi connectivity index (χ1v) is 37.7. The van der Waals surface area contributed by atoms with Crippen LogP contribution in [0.15, 0.2) is 453 Å². The minimum absolute atomic E-state index is 0.469. The zero-order chi connectivity index (χ0) is 72.1. The Morgan fingerprint density at radius 1 is 0.176 bits per heavy atom. The number of rotatable bonds is 17. The Kier molecular flexibility index (Phi) is 18.1. The average molecular weight is 1400 g/mol. The van der Waals surface area contributed by atoms with Crippen LogP contribution in [0.3, 0.4) is 0 Å². The van der Waals surface area contributed by atoms with E-state index in [-0.39, 0.29) is 0 Å². The summed E-state index contributed by atoms with van der Waals surface area (Å²) in [5.74, 6) is 0. The van der Waals surface area contributed by atoms with Crippen molar-refractivity contribution in [2.75, 3.05) is 9.80 Å². The van der Waals surface area contributed by atoms with Crippen molar-refractivity contribution in [3.05, 3.63) is 493 Å². The summed E-state index contributed by atoms with van der Waals surface area (Å²) >= 11 is 1.85. The molecule has 3 nitrogen and oxygen atoms in total. The second-order valence-electron chi connectivity index (χ2n) is 27.4. The number of para-hydroxylation sites is 2. The molecule has 0 saturated heterocycles. The first-order valence-electron chi connectivity index (χ1n) is 36.9. The van der Waals surface area contributed by atoms with Crippen LogP contribution in [-0.2, 0) is 10.8 Å². The van der Waals surface area contributed by atoms with Gasteiger partial charge in [0.15, 0.2) is 0 Å². The van der Waals surface area contributed by atoms with E-state index in [9.17, 15) is 0 Å². The van der Waals surface area contributed by atoms with Crippen molar-refractivity contribution in [2.24, 2.45) is 0 Å². The van der Waals surface area contributed by atoms with Crippen molar-refractivity contribution in [3.8, 4) is 33.4 Å². The topological polar surface area (TPSA) is 19.6 Å². The van der Waals surface area contributed by atoms with Crippen LogP contribution in [-0.4, -0.2) is 0 Å². The molecule has 19 rings (SSSR count). The fraction of sp³-hybridized carbons (Fsp3) is 0.0192. The Hall–Kier alpha value is -13.6. The lowest BCUT2D eigenvalue weighted by molar-refractivity contribution is 0.669. The molecule has 0 unspecified atom stereocenters. The number of anilines is 6. The molecule has 0 N–H and O–H groups in total. The smallest absolute Gasteiger partial charge is 0.137 e. The number of nitrogens with zero attached hydrogens (tertiary/aromatic N) is 2. The van der Waals surface area contributed by atoms with E-state index >= 15 is 0 Å². The molecule has 2 aromatic heterocycles. The maximum atomic E-state index is 6.28. The van der Waals surface area contributed by atoms with Crippen molar-refractivity contribution in [1.29, 1.82) is 0 Å². The van der Waals surface area contributed by atoms with Gasteiger partial charge in [-0.05, 0) is 163 Å². The van der Waals surface area contributed by atoms with Crippen molar-refractivity contribution in [2.45, 2.75) is 10.8 Å². The molecule has 0 aliphatic rings. The van der Waals surface area contributed by atoms with Gasteiger partial charge in [0.2, 0.25) is 0 Å². The third kappa shape index (κ3) is 12.5. The quantitative estimate of drug-likeness (QED) is 0.0847. The predicted octanol–water partition coefficient (Wildman–Crippen LogP) is 28.3. The van der Waals surface area contributed by atoms with Gasteiger partial charge in [-0.1, -0.05) is 358 Å². The molecule has 0 amide bonds. The molecule has 0 saturated carbocycles. The van der Waals surface area contributed by atoms with E-state index in [0.717, 1.165) is 61.6 Å². The summed E-state index contributed by atoms with van der Waals surface area (Å²) in [7, 11) is 0. The molecule has 17 aromatic carbocycles. The summed E-state index contributed by atoms with van der Waals surface area (Å²) in [5.41, 5.74) is 24.4. The Morgan fingerprint density at radius 3 is 0.833 bits per heavy atom. The molecule has 512 valence electrons. The molecule has 108 heavy (non-hydrogen) atoms. The van der Waals surface area contributed by atoms with E-state index < -0.39 is 10.8 Å². The molecule has 4 heteroatoms. The standard InChI is InChI=1S/C55H39NS.C49H35NO/c1-5-15-40(16-6-1)42-27-33-48(34-28-42)56(50-37-38-52-51-23-13-14-24-53(51)57-54(52)39-50)49-35-29-43(30-36-49)41-25-31-47(32-26-41)55(44-17-7-2-8-18-44,45-19-9-3-10-20-45)46-21-11-4-12-22-46;1-5-15-38(16-6-1)49(39-17-7-2-8-18-39,40-19-9-3-10-20-40)41-29-25-36(26-30-41)37-27-31-43(32-28-37)50(42-21-11-4-12-22-42)44-33-34-46-45-23-13-14-24-47(45)51-48(46)35-44/h1-39H;1-35H. The molecule has 0 spiro atoms. The summed E-state index contributed by atoms with van der Waals surface area (Å²) in [4.78, 5) is 4.66. The van der Waals surface area contributed by atoms with Gasteiger partial charge >= 0.3 is 0 Å². The van der Waals surface area contributed by atoms with Gasteiger partial charge in [0, 0.05) is 71.1 Å². The third-order valence-corrected chi connectivity index (χ3v) is 22.4. The Labute approximate surface area is 635 Å². The maximum absolute atomic E-state index is 6.28. The number of benzene rings is 17. The third-order valence-electron chi connectivity index (χ3n) is 21.3. The highest BCUT2D eigenvalue weighted by Gasteiger charge is 2.40. The van der Waals surface area contributed by atoms with Crippen LogP contribution in [0.5, 0.6) is 0 Å². The van der Waals surface area contributed by atoms with E-state index in [1.54, 1.807) is 0 Å². The van der Waals surface area contributed by atoms with Crippen LogP contribution in [0.25, 0.3) is 75.5 Å². The number of furan rings is 1. The van der Waals surface area contributed by atoms with Gasteiger partial charge in [-0.2, -0.15) is 0 Å². The van der Waals surface area contributed by atoms with Crippen LogP contribution < -0.4 is 9.80 Å². The van der Waals surface area contributed by atoms with Crippen LogP contribution in [0.1, 0.15) is 44.5 Å². The molecule has 0 aliphatic carbocycles. The van der Waals surface area contributed by atoms with E-state index in [0.29, 0.717) is 0 Å². The van der Waals surface area contributed by atoms with Crippen LogP contribution in [0.4, 0.5) is 34.1 Å². The minimum Gasteiger partial charge on any atom is -0.456 e. The van der Waals surface area contributed by atoms with Gasteiger partial charge in [-0.15, -0.1) is 11.3 Å². The first kappa shape index (κ1) is 66.3. The highest BCUT2D eigenvalue weighted by molar-refractivity contribution is 7.25. The van der Waals surface area contributed by atoms with Crippen LogP contribution in [0, 0.1) is 0 Å². The lowest BCUT2D eigenvalue weighted by Gasteiger charge is -2.37. The van der Waals surface area contributed by atoms with E-state index in [1.807, 2.05) is 23.5 Å². The Bertz CT molecular complexity index is 6020. The summed E-state index contributed by atoms with van der Waals surface area (Å²) in [6.07, 6.45) is 0. The minimum atomic E-state index is -0.474. The summed E-state index contributed by atoms with van der Waals surface area (Å²) in [5, 5.41) is 4.87. The zero-order valence-corrected chi connectivity index (χ0v) is 60.3. The molecule has 0 aliphatic heterocycles. The van der Waals surface area contributed by atoms with Gasteiger partial charge in [0.25, 0.3) is 0 Å². The highest BCUT2D eigenvalue weighted by Crippen LogP contribution is 2.49. The highest BCUT2D eigenvalue weighted by atomic mass is 32.1. The van der Waals surface area contributed by atoms with E-state index in [4.69, 9.17) is 4.42 Å². The average Bonchev–Trinajstić information content (AvgIpc) is 0.804. The second-order valence-corrected chi connectivity index (χ2v) is 28.5. The second kappa shape index (κ2) is 29.5. The lowest BCUT2D eigenvalue weighted by atomic mass is 9.65. The molecule has 0 atom stereocenters. The van der Waals surface area contributed by atoms with E-state index in [2.05, 4.69) is 447 Å². The van der Waals surface area contributed by atoms with Gasteiger partial charge in [0.1, 0.15) is 11.2 Å². The predicted molar refractivity (Wildman–Crippen MR) is 455 cm³/mol. The summed E-state index contributed by atoms with van der Waals surface area (Å²) in [6.45, 7) is 0. The monoisotopic (exact) mass is 1400 g/mol. The summed E-state index contributed by atoms with van der Waals surface area (Å²) < 4.78 is 8.88. The van der Waals surface area contributed by atoms with Gasteiger partial charge in [-0.3, -0.25) is 0 Å². The Balaban J connectivity index is 0.000000153. The van der Waals surface area contributed by atoms with Crippen molar-refractivity contribution in [3.63, 3.8) is 0 Å². The van der Waals surface area contributed by atoms with Crippen LogP contribution in [0.2, 0.25) is 0 Å². The van der Waals surface area contributed by atoms with Crippen molar-refractivity contribution < 1.29 is 4.42 Å². The fourth-order valence-electron chi connectivity index (χ4n) is 16.2. The molecular formula is C104H74N2OS. The molecular weight excluding hydrogens is 1330 g/mol. The van der Waals surface area contributed by atoms with Gasteiger partial charge in [0.05, 0.1) is 10.8 Å². The Morgan fingerprint density at radius 2 is 0.435 bits per heavy atom. The SMILES string of the molecule is c1ccc(-c2ccc(N(c3ccc(-c4ccc(C(c5ccccc5)(c5ccccc5)c5ccccc5)cc4)cc3)c3ccc4c(c3)sc3ccccc34)cc2)cc1.c1ccc(N(c2ccc(-c3ccc(C(c4ccccc4)(c4ccccc4)c4ccccc4)cc3)cc2)c2ccc3c(c2)oc2ccccc23)cc1. The molecule has 2 heterocycles. The lowest BCUT2D eigenvalue weighted by Crippen LogP contribution is -2.30. The molecule has 0 bridgehead atoms. The number of hydrogen-bond acceptors (Lipinski definition) is 4. The number of hydrogen-bond donors (Lipinski definition) is 0. The molecule has 0 fully saturated rings. The fourth-order valence-corrected chi connectivity index (χ4v) is 17.3. The van der Waals surface area contributed by atoms with Crippen molar-refractivity contribution in [1.82, 2.24) is 0 Å². The normalized spacial score (nSPS) is 11.5.